The van der Waals surface area contributed by atoms with E-state index in [0.717, 1.165) is 30.2 Å². The van der Waals surface area contributed by atoms with Crippen LogP contribution in [0.2, 0.25) is 0 Å². The third-order valence-electron chi connectivity index (χ3n) is 6.18. The van der Waals surface area contributed by atoms with E-state index >= 15 is 0 Å². The van der Waals surface area contributed by atoms with Crippen molar-refractivity contribution in [3.8, 4) is 0 Å². The average Bonchev–Trinajstić information content (AvgIpc) is 3.07. The Hall–Kier alpha value is -0.820. The van der Waals surface area contributed by atoms with Gasteiger partial charge in [-0.3, -0.25) is 0 Å². The van der Waals surface area contributed by atoms with Gasteiger partial charge in [0, 0.05) is 5.92 Å². The third kappa shape index (κ3) is 3.93. The lowest BCUT2D eigenvalue weighted by molar-refractivity contribution is -0.380. The molecule has 0 aromatic rings. The highest BCUT2D eigenvalue weighted by atomic mass is 14.6. The van der Waals surface area contributed by atoms with Crippen LogP contribution in [0.1, 0.15) is 46.5 Å². The van der Waals surface area contributed by atoms with Gasteiger partial charge in [-0.05, 0) is 60.7 Å². The normalized spacial score (nSPS) is 39.5. The van der Waals surface area contributed by atoms with Crippen LogP contribution in [0.3, 0.4) is 0 Å². The van der Waals surface area contributed by atoms with Crippen molar-refractivity contribution in [2.24, 2.45) is 40.9 Å². The Morgan fingerprint density at radius 3 is 2.09 bits per heavy atom. The summed E-state index contributed by atoms with van der Waals surface area (Å²) in [5.74, 6) is 4.37. The van der Waals surface area contributed by atoms with Crippen molar-refractivity contribution in [2.75, 3.05) is 6.54 Å². The van der Waals surface area contributed by atoms with Crippen LogP contribution in [0.25, 0.3) is 0 Å². The Bertz CT molecular complexity index is 414. The molecule has 0 saturated heterocycles. The lowest BCUT2D eigenvalue weighted by Gasteiger charge is -2.30. The molecule has 0 aromatic heterocycles. The fraction of sp³-hybridized carbons (Fsp3) is 0.714. The molecule has 3 N–H and O–H groups in total. The summed E-state index contributed by atoms with van der Waals surface area (Å²) >= 11 is 0. The lowest BCUT2D eigenvalue weighted by atomic mass is 9.75. The van der Waals surface area contributed by atoms with E-state index in [4.69, 9.17) is 0 Å². The van der Waals surface area contributed by atoms with E-state index in [-0.39, 0.29) is 0 Å². The summed E-state index contributed by atoms with van der Waals surface area (Å²) in [6.07, 6.45) is 14.6. The smallest absolute Gasteiger partial charge is 0.0774 e. The maximum absolute atomic E-state index is 4.15. The minimum atomic E-state index is 0.388. The fourth-order valence-corrected chi connectivity index (χ4v) is 4.79. The molecule has 0 bridgehead atoms. The van der Waals surface area contributed by atoms with Crippen LogP contribution >= 0.6 is 0 Å². The van der Waals surface area contributed by atoms with E-state index < -0.39 is 0 Å². The molecule has 0 radical (unpaired) electrons. The van der Waals surface area contributed by atoms with Crippen LogP contribution in [0.4, 0.5) is 0 Å². The van der Waals surface area contributed by atoms with Gasteiger partial charge < -0.3 is 5.73 Å². The molecular weight excluding hydrogens is 266 g/mol. The van der Waals surface area contributed by atoms with Gasteiger partial charge in [0.25, 0.3) is 0 Å². The molecule has 2 saturated carbocycles. The highest BCUT2D eigenvalue weighted by Gasteiger charge is 2.38. The second-order valence-electron chi connectivity index (χ2n) is 8.67. The zero-order valence-electron chi connectivity index (χ0n) is 14.9. The number of allylic oxidation sites excluding steroid dienone is 4. The van der Waals surface area contributed by atoms with Gasteiger partial charge in [0.1, 0.15) is 0 Å². The highest BCUT2D eigenvalue weighted by molar-refractivity contribution is 5.07. The fourth-order valence-electron chi connectivity index (χ4n) is 4.79. The van der Waals surface area contributed by atoms with E-state index in [0.29, 0.717) is 17.3 Å². The summed E-state index contributed by atoms with van der Waals surface area (Å²) in [4.78, 5) is 0. The zero-order valence-corrected chi connectivity index (χ0v) is 14.9. The number of hydrogen-bond acceptors (Lipinski definition) is 0. The van der Waals surface area contributed by atoms with Crippen molar-refractivity contribution in [3.63, 3.8) is 0 Å². The molecule has 0 spiro atoms. The van der Waals surface area contributed by atoms with E-state index in [1.54, 1.807) is 0 Å². The van der Waals surface area contributed by atoms with Gasteiger partial charge in [-0.25, -0.2) is 0 Å². The predicted molar refractivity (Wildman–Crippen MR) is 96.2 cm³/mol. The predicted octanol–water partition coefficient (Wildman–Crippen LogP) is 4.49. The molecule has 1 heteroatoms. The summed E-state index contributed by atoms with van der Waals surface area (Å²) < 4.78 is 0. The molecule has 0 amide bonds. The first-order valence-electron chi connectivity index (χ1n) is 9.11. The molecule has 2 fully saturated rings. The van der Waals surface area contributed by atoms with Gasteiger partial charge in [0.2, 0.25) is 0 Å². The maximum atomic E-state index is 4.15. The quantitative estimate of drug-likeness (QED) is 0.725. The zero-order chi connectivity index (χ0) is 16.3. The van der Waals surface area contributed by atoms with Crippen LogP contribution in [-0.4, -0.2) is 6.54 Å². The van der Waals surface area contributed by atoms with Crippen LogP contribution in [-0.2, 0) is 0 Å². The summed E-state index contributed by atoms with van der Waals surface area (Å²) in [5.41, 5.74) is 4.54. The third-order valence-corrected chi connectivity index (χ3v) is 6.18. The summed E-state index contributed by atoms with van der Waals surface area (Å²) in [5, 5.41) is 0. The molecule has 22 heavy (non-hydrogen) atoms. The van der Waals surface area contributed by atoms with E-state index in [9.17, 15) is 0 Å². The first kappa shape index (κ1) is 17.5. The first-order chi connectivity index (χ1) is 10.4. The summed E-state index contributed by atoms with van der Waals surface area (Å²) in [6.45, 7) is 16.3. The number of quaternary nitrogens is 1. The second kappa shape index (κ2) is 7.17. The molecule has 2 rings (SSSR count). The minimum absolute atomic E-state index is 0.388. The Morgan fingerprint density at radius 2 is 1.59 bits per heavy atom. The monoisotopic (exact) mass is 302 g/mol. The minimum Gasteiger partial charge on any atom is -0.357 e. The van der Waals surface area contributed by atoms with Crippen LogP contribution in [0.15, 0.2) is 37.5 Å². The van der Waals surface area contributed by atoms with Crippen molar-refractivity contribution >= 4 is 0 Å². The lowest BCUT2D eigenvalue weighted by Crippen LogP contribution is -2.54. The second-order valence-corrected chi connectivity index (χ2v) is 8.67. The SMILES string of the molecule is C=CC1CC(/C=C\C2CC(C=C)C(C(C)(C)C)C2)C(C[NH3+])C1. The van der Waals surface area contributed by atoms with E-state index in [1.807, 2.05) is 0 Å². The van der Waals surface area contributed by atoms with Gasteiger partial charge >= 0.3 is 0 Å². The Kier molecular flexibility index (Phi) is 5.71. The molecule has 2 aliphatic rings. The van der Waals surface area contributed by atoms with Crippen molar-refractivity contribution in [1.82, 2.24) is 0 Å². The molecule has 0 aromatic carbocycles. The molecular formula is C21H36N+. The Balaban J connectivity index is 1.99. The standard InChI is InChI=1S/C21H35N/c1-6-15-10-18(19(11-15)14-22)9-8-16-12-17(7-2)20(13-16)21(3,4)5/h6-9,15-20H,1-2,10-14,22H2,3-5H3/p+1/b9-8-. The first-order valence-corrected chi connectivity index (χ1v) is 9.11. The molecule has 6 atom stereocenters. The van der Waals surface area contributed by atoms with Crippen molar-refractivity contribution < 1.29 is 5.73 Å². The summed E-state index contributed by atoms with van der Waals surface area (Å²) in [7, 11) is 0. The average molecular weight is 303 g/mol. The van der Waals surface area contributed by atoms with E-state index in [2.05, 4.69) is 64.0 Å². The largest absolute Gasteiger partial charge is 0.357 e. The molecule has 0 heterocycles. The molecule has 0 aliphatic heterocycles. The van der Waals surface area contributed by atoms with Gasteiger partial charge in [-0.2, -0.15) is 0 Å². The molecule has 124 valence electrons. The molecule has 6 unspecified atom stereocenters. The topological polar surface area (TPSA) is 27.6 Å². The van der Waals surface area contributed by atoms with Gasteiger partial charge in [0.15, 0.2) is 0 Å². The Morgan fingerprint density at radius 1 is 0.909 bits per heavy atom. The van der Waals surface area contributed by atoms with Gasteiger partial charge in [0.05, 0.1) is 6.54 Å². The Labute approximate surface area is 137 Å². The van der Waals surface area contributed by atoms with Crippen molar-refractivity contribution in [3.05, 3.63) is 37.5 Å². The van der Waals surface area contributed by atoms with Crippen molar-refractivity contribution in [1.29, 1.82) is 0 Å². The van der Waals surface area contributed by atoms with Gasteiger partial charge in [-0.15, -0.1) is 13.2 Å². The van der Waals surface area contributed by atoms with Crippen molar-refractivity contribution in [2.45, 2.75) is 46.5 Å². The number of hydrogen-bond donors (Lipinski definition) is 1. The summed E-state index contributed by atoms with van der Waals surface area (Å²) in [6, 6.07) is 0. The molecule has 1 nitrogen and oxygen atoms in total. The van der Waals surface area contributed by atoms with Crippen LogP contribution < -0.4 is 5.73 Å². The van der Waals surface area contributed by atoms with Crippen LogP contribution in [0.5, 0.6) is 0 Å². The maximum Gasteiger partial charge on any atom is 0.0774 e. The van der Waals surface area contributed by atoms with Gasteiger partial charge in [-0.1, -0.05) is 45.1 Å². The molecule has 2 aliphatic carbocycles. The highest BCUT2D eigenvalue weighted by Crippen LogP contribution is 2.47. The van der Waals surface area contributed by atoms with E-state index in [1.165, 1.54) is 25.7 Å². The number of rotatable bonds is 5. The van der Waals surface area contributed by atoms with Crippen LogP contribution in [0, 0.1) is 40.9 Å².